The Labute approximate surface area is 200 Å². The van der Waals surface area contributed by atoms with E-state index >= 15 is 0 Å². The van der Waals surface area contributed by atoms with Gasteiger partial charge in [-0.15, -0.1) is 0 Å². The second-order valence-corrected chi connectivity index (χ2v) is 9.51. The number of halogens is 2. The van der Waals surface area contributed by atoms with E-state index in [0.717, 1.165) is 37.4 Å². The normalized spacial score (nSPS) is 17.9. The summed E-state index contributed by atoms with van der Waals surface area (Å²) in [6.07, 6.45) is 0.0393. The number of ether oxygens (including phenoxy) is 2. The van der Waals surface area contributed by atoms with Gasteiger partial charge in [0.05, 0.1) is 24.8 Å². The van der Waals surface area contributed by atoms with Crippen LogP contribution in [0.1, 0.15) is 42.6 Å². The minimum Gasteiger partial charge on any atom is -0.497 e. The highest BCUT2D eigenvalue weighted by Crippen LogP contribution is 2.39. The van der Waals surface area contributed by atoms with E-state index in [2.05, 4.69) is 85.7 Å². The average molecular weight is 544 g/mol. The minimum atomic E-state index is -0.0572. The van der Waals surface area contributed by atoms with Gasteiger partial charge in [0, 0.05) is 15.0 Å². The summed E-state index contributed by atoms with van der Waals surface area (Å²) in [5, 5.41) is 3.66. The van der Waals surface area contributed by atoms with Crippen LogP contribution >= 0.6 is 31.9 Å². The number of nitrogens with one attached hydrogen (secondary N) is 1. The van der Waals surface area contributed by atoms with Crippen LogP contribution in [0.25, 0.3) is 0 Å². The van der Waals surface area contributed by atoms with Crippen molar-refractivity contribution >= 4 is 37.7 Å². The lowest BCUT2D eigenvalue weighted by atomic mass is 9.95. The number of nitrogens with zero attached hydrogens (tertiary/aromatic N) is 1. The van der Waals surface area contributed by atoms with Gasteiger partial charge in [-0.25, -0.2) is 0 Å². The summed E-state index contributed by atoms with van der Waals surface area (Å²) in [7, 11) is 1.66. The number of hydrogen-bond acceptors (Lipinski definition) is 4. The summed E-state index contributed by atoms with van der Waals surface area (Å²) >= 11 is 7.07. The molecule has 0 bridgehead atoms. The Balaban J connectivity index is 1.77. The highest BCUT2D eigenvalue weighted by atomic mass is 79.9. The fourth-order valence-electron chi connectivity index (χ4n) is 3.66. The van der Waals surface area contributed by atoms with Crippen molar-refractivity contribution in [1.82, 2.24) is 5.32 Å². The van der Waals surface area contributed by atoms with Crippen molar-refractivity contribution in [1.29, 1.82) is 0 Å². The number of hydrogen-bond donors (Lipinski definition) is 1. The van der Waals surface area contributed by atoms with Crippen LogP contribution in [0.3, 0.4) is 0 Å². The minimum absolute atomic E-state index is 0.0123. The van der Waals surface area contributed by atoms with Crippen LogP contribution in [-0.4, -0.2) is 19.0 Å². The van der Waals surface area contributed by atoms with Crippen LogP contribution in [0.5, 0.6) is 11.5 Å². The van der Waals surface area contributed by atoms with Gasteiger partial charge in [-0.2, -0.15) is 0 Å². The van der Waals surface area contributed by atoms with Gasteiger partial charge < -0.3 is 14.8 Å². The molecular formula is C25H24Br2N2O2. The molecule has 4 nitrogen and oxygen atoms in total. The molecule has 1 aliphatic heterocycles. The van der Waals surface area contributed by atoms with Gasteiger partial charge in [-0.1, -0.05) is 56.1 Å². The second kappa shape index (κ2) is 9.45. The summed E-state index contributed by atoms with van der Waals surface area (Å²) < 4.78 is 13.6. The summed E-state index contributed by atoms with van der Waals surface area (Å²) in [6, 6.07) is 22.6. The van der Waals surface area contributed by atoms with Gasteiger partial charge in [0.15, 0.2) is 0 Å². The van der Waals surface area contributed by atoms with E-state index < -0.39 is 0 Å². The second-order valence-electron chi connectivity index (χ2n) is 7.68. The van der Waals surface area contributed by atoms with Gasteiger partial charge in [-0.3, -0.25) is 4.99 Å². The molecule has 0 saturated heterocycles. The van der Waals surface area contributed by atoms with Crippen LogP contribution in [0.2, 0.25) is 0 Å². The zero-order valence-corrected chi connectivity index (χ0v) is 20.8. The molecule has 0 radical (unpaired) electrons. The first-order valence-corrected chi connectivity index (χ1v) is 11.7. The third-order valence-electron chi connectivity index (χ3n) is 5.12. The largest absolute Gasteiger partial charge is 0.497 e. The number of benzene rings is 3. The smallest absolute Gasteiger partial charge is 0.134 e. The van der Waals surface area contributed by atoms with E-state index in [1.54, 1.807) is 7.11 Å². The van der Waals surface area contributed by atoms with E-state index in [-0.39, 0.29) is 18.2 Å². The maximum atomic E-state index is 6.10. The molecule has 1 aliphatic rings. The van der Waals surface area contributed by atoms with Crippen LogP contribution in [0.15, 0.2) is 80.7 Å². The number of amidine groups is 1. The molecule has 3 aromatic rings. The quantitative estimate of drug-likeness (QED) is 0.370. The van der Waals surface area contributed by atoms with Crippen molar-refractivity contribution in [3.63, 3.8) is 0 Å². The average Bonchev–Trinajstić information content (AvgIpc) is 3.19. The Morgan fingerprint density at radius 3 is 2.06 bits per heavy atom. The lowest BCUT2D eigenvalue weighted by molar-refractivity contribution is 0.240. The zero-order chi connectivity index (χ0) is 22.0. The molecule has 160 valence electrons. The fourth-order valence-corrected chi connectivity index (χ4v) is 4.19. The number of rotatable bonds is 6. The van der Waals surface area contributed by atoms with Crippen molar-refractivity contribution in [3.05, 3.63) is 92.4 Å². The lowest BCUT2D eigenvalue weighted by Gasteiger charge is -2.20. The van der Waals surface area contributed by atoms with E-state index in [4.69, 9.17) is 14.5 Å². The number of aliphatic imine (C=N–C) groups is 1. The first-order chi connectivity index (χ1) is 14.9. The third-order valence-corrected chi connectivity index (χ3v) is 6.18. The molecule has 3 aromatic carbocycles. The molecule has 0 amide bonds. The Morgan fingerprint density at radius 2 is 1.48 bits per heavy atom. The Bertz CT molecular complexity index is 1080. The fraction of sp³-hybridized carbons (Fsp3) is 0.240. The molecule has 2 atom stereocenters. The first kappa shape index (κ1) is 21.9. The molecule has 0 spiro atoms. The first-order valence-electron chi connectivity index (χ1n) is 10.1. The molecule has 6 heteroatoms. The van der Waals surface area contributed by atoms with Crippen LogP contribution < -0.4 is 14.8 Å². The Kier molecular flexibility index (Phi) is 6.68. The molecule has 0 saturated carbocycles. The van der Waals surface area contributed by atoms with Crippen LogP contribution in [0.4, 0.5) is 0 Å². The Morgan fingerprint density at radius 1 is 0.871 bits per heavy atom. The third kappa shape index (κ3) is 4.96. The van der Waals surface area contributed by atoms with Crippen LogP contribution in [0, 0.1) is 0 Å². The highest BCUT2D eigenvalue weighted by Gasteiger charge is 2.33. The van der Waals surface area contributed by atoms with Gasteiger partial charge in [0.2, 0.25) is 0 Å². The topological polar surface area (TPSA) is 42.8 Å². The van der Waals surface area contributed by atoms with Gasteiger partial charge in [0.25, 0.3) is 0 Å². The molecule has 1 N–H and O–H groups in total. The number of methoxy groups -OCH3 is 1. The summed E-state index contributed by atoms with van der Waals surface area (Å²) in [4.78, 5) is 5.12. The lowest BCUT2D eigenvalue weighted by Crippen LogP contribution is -2.25. The molecule has 0 aromatic heterocycles. The SMILES string of the molecule is COc1ccc(C2=N[C@@H](c3ccc(Br)cc3)[C@@H](c3ccc(Br)cc3)N2)c(OC(C)C)c1. The molecule has 0 aliphatic carbocycles. The van der Waals surface area contributed by atoms with E-state index in [9.17, 15) is 0 Å². The van der Waals surface area contributed by atoms with Crippen molar-refractivity contribution in [2.75, 3.05) is 7.11 Å². The van der Waals surface area contributed by atoms with Crippen molar-refractivity contribution in [2.24, 2.45) is 4.99 Å². The molecule has 0 unspecified atom stereocenters. The van der Waals surface area contributed by atoms with Crippen LogP contribution in [-0.2, 0) is 0 Å². The van der Waals surface area contributed by atoms with E-state index in [0.29, 0.717) is 0 Å². The van der Waals surface area contributed by atoms with Crippen molar-refractivity contribution in [3.8, 4) is 11.5 Å². The van der Waals surface area contributed by atoms with Crippen molar-refractivity contribution in [2.45, 2.75) is 32.0 Å². The van der Waals surface area contributed by atoms with Crippen molar-refractivity contribution < 1.29 is 9.47 Å². The molecule has 1 heterocycles. The predicted molar refractivity (Wildman–Crippen MR) is 132 cm³/mol. The molecular weight excluding hydrogens is 520 g/mol. The maximum absolute atomic E-state index is 6.10. The molecule has 4 rings (SSSR count). The van der Waals surface area contributed by atoms with E-state index in [1.807, 2.05) is 32.0 Å². The highest BCUT2D eigenvalue weighted by molar-refractivity contribution is 9.10. The molecule has 0 fully saturated rings. The summed E-state index contributed by atoms with van der Waals surface area (Å²) in [6.45, 7) is 4.03. The standard InChI is InChI=1S/C25H24Br2N2O2/c1-15(2)31-22-14-20(30-3)12-13-21(22)25-28-23(16-4-8-18(26)9-5-16)24(29-25)17-6-10-19(27)11-7-17/h4-15,23-24H,1-3H3,(H,28,29)/t23-,24+. The Hall–Kier alpha value is -2.31. The molecule has 31 heavy (non-hydrogen) atoms. The van der Waals surface area contributed by atoms with Gasteiger partial charge in [-0.05, 0) is 61.4 Å². The maximum Gasteiger partial charge on any atom is 0.134 e. The monoisotopic (exact) mass is 542 g/mol. The summed E-state index contributed by atoms with van der Waals surface area (Å²) in [5.41, 5.74) is 3.25. The predicted octanol–water partition coefficient (Wildman–Crippen LogP) is 6.84. The van der Waals surface area contributed by atoms with E-state index in [1.165, 1.54) is 5.56 Å². The zero-order valence-electron chi connectivity index (χ0n) is 17.6. The van der Waals surface area contributed by atoms with Gasteiger partial charge in [0.1, 0.15) is 23.4 Å². The summed E-state index contributed by atoms with van der Waals surface area (Å²) in [5.74, 6) is 2.33. The van der Waals surface area contributed by atoms with Gasteiger partial charge >= 0.3 is 0 Å².